The molecular formula is C15H23NO3. The summed E-state index contributed by atoms with van der Waals surface area (Å²) in [7, 11) is 0. The van der Waals surface area contributed by atoms with Crippen LogP contribution in [0.15, 0.2) is 18.2 Å². The zero-order valence-electron chi connectivity index (χ0n) is 12.1. The average Bonchev–Trinajstić information content (AvgIpc) is 2.28. The minimum absolute atomic E-state index is 0.119. The number of carbonyl (C=O) groups excluding carboxylic acids is 1. The number of ether oxygens (including phenoxy) is 1. The number of aryl methyl sites for hydroxylation is 2. The quantitative estimate of drug-likeness (QED) is 0.826. The lowest BCUT2D eigenvalue weighted by Gasteiger charge is -2.17. The van der Waals surface area contributed by atoms with Crippen molar-refractivity contribution in [1.82, 2.24) is 5.32 Å². The van der Waals surface area contributed by atoms with Gasteiger partial charge in [-0.25, -0.2) is 0 Å². The lowest BCUT2D eigenvalue weighted by atomic mass is 10.1. The van der Waals surface area contributed by atoms with Crippen molar-refractivity contribution in [2.45, 2.75) is 39.7 Å². The van der Waals surface area contributed by atoms with E-state index in [4.69, 9.17) is 4.74 Å². The van der Waals surface area contributed by atoms with Crippen LogP contribution in [0.3, 0.4) is 0 Å². The van der Waals surface area contributed by atoms with Crippen LogP contribution >= 0.6 is 0 Å². The Labute approximate surface area is 114 Å². The van der Waals surface area contributed by atoms with Crippen LogP contribution in [-0.4, -0.2) is 29.8 Å². The van der Waals surface area contributed by atoms with E-state index in [1.165, 1.54) is 5.56 Å². The van der Waals surface area contributed by atoms with E-state index in [1.54, 1.807) is 13.8 Å². The predicted molar refractivity (Wildman–Crippen MR) is 75.3 cm³/mol. The minimum atomic E-state index is -0.885. The van der Waals surface area contributed by atoms with Gasteiger partial charge in [0.05, 0.1) is 18.6 Å². The molecule has 0 unspecified atom stereocenters. The Hall–Kier alpha value is -1.55. The maximum atomic E-state index is 11.5. The van der Waals surface area contributed by atoms with Crippen molar-refractivity contribution in [3.8, 4) is 5.75 Å². The van der Waals surface area contributed by atoms with Gasteiger partial charge < -0.3 is 15.2 Å². The summed E-state index contributed by atoms with van der Waals surface area (Å²) >= 11 is 0. The van der Waals surface area contributed by atoms with Crippen molar-refractivity contribution >= 4 is 5.91 Å². The van der Waals surface area contributed by atoms with Crippen LogP contribution in [0, 0.1) is 13.8 Å². The van der Waals surface area contributed by atoms with E-state index in [-0.39, 0.29) is 18.9 Å². The Kier molecular flexibility index (Phi) is 5.36. The van der Waals surface area contributed by atoms with Gasteiger partial charge in [-0.1, -0.05) is 17.7 Å². The molecule has 106 valence electrons. The molecule has 0 bridgehead atoms. The Morgan fingerprint density at radius 1 is 1.37 bits per heavy atom. The summed E-state index contributed by atoms with van der Waals surface area (Å²) in [5.74, 6) is 0.688. The fourth-order valence-corrected chi connectivity index (χ4v) is 1.62. The predicted octanol–water partition coefficient (Wildman–Crippen LogP) is 1.96. The third-order valence-corrected chi connectivity index (χ3v) is 2.64. The molecule has 1 aromatic rings. The number of aliphatic hydroxyl groups is 1. The van der Waals surface area contributed by atoms with Crippen molar-refractivity contribution in [2.24, 2.45) is 0 Å². The van der Waals surface area contributed by atoms with E-state index >= 15 is 0 Å². The molecule has 0 aliphatic rings. The molecule has 0 heterocycles. The topological polar surface area (TPSA) is 58.6 Å². The smallest absolute Gasteiger partial charge is 0.223 e. The second-order valence-corrected chi connectivity index (χ2v) is 5.46. The molecule has 0 radical (unpaired) electrons. The number of hydrogen-bond acceptors (Lipinski definition) is 3. The van der Waals surface area contributed by atoms with E-state index in [0.29, 0.717) is 6.61 Å². The highest BCUT2D eigenvalue weighted by Crippen LogP contribution is 2.18. The van der Waals surface area contributed by atoms with Gasteiger partial charge in [0.25, 0.3) is 0 Å². The standard InChI is InChI=1S/C15H23NO3/c1-11-5-6-13(12(2)9-11)19-8-7-14(17)16-10-15(3,4)18/h5-6,9,18H,7-8,10H2,1-4H3,(H,16,17). The number of rotatable bonds is 6. The molecular weight excluding hydrogens is 242 g/mol. The first-order valence-electron chi connectivity index (χ1n) is 6.47. The van der Waals surface area contributed by atoms with Gasteiger partial charge in [0.15, 0.2) is 0 Å². The van der Waals surface area contributed by atoms with E-state index in [2.05, 4.69) is 5.32 Å². The minimum Gasteiger partial charge on any atom is -0.493 e. The van der Waals surface area contributed by atoms with E-state index in [0.717, 1.165) is 11.3 Å². The Morgan fingerprint density at radius 2 is 2.05 bits per heavy atom. The van der Waals surface area contributed by atoms with Crippen LogP contribution in [0.5, 0.6) is 5.75 Å². The van der Waals surface area contributed by atoms with Gasteiger partial charge >= 0.3 is 0 Å². The largest absolute Gasteiger partial charge is 0.493 e. The lowest BCUT2D eigenvalue weighted by Crippen LogP contribution is -2.38. The molecule has 1 amide bonds. The Morgan fingerprint density at radius 3 is 2.63 bits per heavy atom. The zero-order valence-corrected chi connectivity index (χ0v) is 12.1. The normalized spacial score (nSPS) is 11.2. The molecule has 0 fully saturated rings. The fraction of sp³-hybridized carbons (Fsp3) is 0.533. The molecule has 0 atom stereocenters. The average molecular weight is 265 g/mol. The molecule has 0 saturated carbocycles. The third kappa shape index (κ3) is 6.25. The van der Waals surface area contributed by atoms with Crippen LogP contribution in [0.1, 0.15) is 31.4 Å². The lowest BCUT2D eigenvalue weighted by molar-refractivity contribution is -0.122. The van der Waals surface area contributed by atoms with Gasteiger partial charge in [-0.3, -0.25) is 4.79 Å². The van der Waals surface area contributed by atoms with Crippen molar-refractivity contribution in [2.75, 3.05) is 13.2 Å². The van der Waals surface area contributed by atoms with E-state index in [9.17, 15) is 9.90 Å². The molecule has 1 aromatic carbocycles. The van der Waals surface area contributed by atoms with Gasteiger partial charge in [0.1, 0.15) is 5.75 Å². The molecule has 0 aliphatic carbocycles. The second-order valence-electron chi connectivity index (χ2n) is 5.46. The van der Waals surface area contributed by atoms with Crippen molar-refractivity contribution in [3.63, 3.8) is 0 Å². The molecule has 0 aliphatic heterocycles. The number of hydrogen-bond donors (Lipinski definition) is 2. The number of nitrogens with one attached hydrogen (secondary N) is 1. The first-order valence-corrected chi connectivity index (χ1v) is 6.47. The monoisotopic (exact) mass is 265 g/mol. The van der Waals surface area contributed by atoms with Crippen LogP contribution in [0.25, 0.3) is 0 Å². The highest BCUT2D eigenvalue weighted by Gasteiger charge is 2.13. The molecule has 4 heteroatoms. The molecule has 0 spiro atoms. The first kappa shape index (κ1) is 15.5. The maximum Gasteiger partial charge on any atom is 0.223 e. The Balaban J connectivity index is 2.32. The van der Waals surface area contributed by atoms with Crippen molar-refractivity contribution in [3.05, 3.63) is 29.3 Å². The highest BCUT2D eigenvalue weighted by atomic mass is 16.5. The van der Waals surface area contributed by atoms with Crippen LogP contribution in [-0.2, 0) is 4.79 Å². The van der Waals surface area contributed by atoms with Gasteiger partial charge in [-0.2, -0.15) is 0 Å². The summed E-state index contributed by atoms with van der Waals surface area (Å²) in [4.78, 5) is 11.5. The van der Waals surface area contributed by atoms with Crippen LogP contribution in [0.2, 0.25) is 0 Å². The summed E-state index contributed by atoms with van der Waals surface area (Å²) in [6.45, 7) is 7.90. The summed E-state index contributed by atoms with van der Waals surface area (Å²) < 4.78 is 5.57. The molecule has 2 N–H and O–H groups in total. The molecule has 1 rings (SSSR count). The maximum absolute atomic E-state index is 11.5. The number of benzene rings is 1. The summed E-state index contributed by atoms with van der Waals surface area (Å²) in [5.41, 5.74) is 1.37. The molecule has 19 heavy (non-hydrogen) atoms. The van der Waals surface area contributed by atoms with Gasteiger partial charge in [-0.15, -0.1) is 0 Å². The number of amides is 1. The van der Waals surface area contributed by atoms with Crippen molar-refractivity contribution in [1.29, 1.82) is 0 Å². The highest BCUT2D eigenvalue weighted by molar-refractivity contribution is 5.76. The van der Waals surface area contributed by atoms with Crippen LogP contribution in [0.4, 0.5) is 0 Å². The molecule has 0 saturated heterocycles. The summed E-state index contributed by atoms with van der Waals surface area (Å²) in [5, 5.41) is 12.2. The molecule has 4 nitrogen and oxygen atoms in total. The van der Waals surface area contributed by atoms with Gasteiger partial charge in [0.2, 0.25) is 5.91 Å². The third-order valence-electron chi connectivity index (χ3n) is 2.64. The van der Waals surface area contributed by atoms with Gasteiger partial charge in [0, 0.05) is 6.54 Å². The van der Waals surface area contributed by atoms with Gasteiger partial charge in [-0.05, 0) is 39.3 Å². The Bertz CT molecular complexity index is 436. The molecule has 0 aromatic heterocycles. The summed E-state index contributed by atoms with van der Waals surface area (Å²) in [6.07, 6.45) is 0.281. The first-order chi connectivity index (χ1) is 8.78. The van der Waals surface area contributed by atoms with Crippen molar-refractivity contribution < 1.29 is 14.6 Å². The van der Waals surface area contributed by atoms with E-state index < -0.39 is 5.60 Å². The SMILES string of the molecule is Cc1ccc(OCCC(=O)NCC(C)(C)O)c(C)c1. The zero-order chi connectivity index (χ0) is 14.5. The summed E-state index contributed by atoms with van der Waals surface area (Å²) in [6, 6.07) is 5.94. The van der Waals surface area contributed by atoms with E-state index in [1.807, 2.05) is 32.0 Å². The number of carbonyl (C=O) groups is 1. The fourth-order valence-electron chi connectivity index (χ4n) is 1.62. The second kappa shape index (κ2) is 6.57. The van der Waals surface area contributed by atoms with Crippen LogP contribution < -0.4 is 10.1 Å².